The zero-order valence-corrected chi connectivity index (χ0v) is 28.4. The Morgan fingerprint density at radius 3 is 0.943 bits per heavy atom. The van der Waals surface area contributed by atoms with E-state index in [1.807, 2.05) is 27.7 Å². The molecule has 0 rings (SSSR count). The average molecular weight is 640 g/mol. The van der Waals surface area contributed by atoms with Gasteiger partial charge in [-0.15, -0.1) is 0 Å². The van der Waals surface area contributed by atoms with Gasteiger partial charge in [-0.1, -0.05) is 79.1 Å². The molecule has 0 unspecified atom stereocenters. The van der Waals surface area contributed by atoms with E-state index < -0.39 is 21.4 Å². The SMILES string of the molecule is CCCCC(S)(CCCC)C(=O)[O-].CCCCC(S)(CCCC)C(=O)[O-].CCC[CH2][Sn+2][CH2]CCC. The Bertz CT molecular complexity index is 432. The van der Waals surface area contributed by atoms with Crippen molar-refractivity contribution in [2.24, 2.45) is 0 Å². The Hall–Kier alpha value is 0.439. The molecule has 0 N–H and O–H groups in total. The van der Waals surface area contributed by atoms with Crippen LogP contribution in [0.2, 0.25) is 8.87 Å². The summed E-state index contributed by atoms with van der Waals surface area (Å²) in [5.41, 5.74) is 0. The molecule has 0 saturated heterocycles. The van der Waals surface area contributed by atoms with E-state index in [-0.39, 0.29) is 21.1 Å². The third-order valence-electron chi connectivity index (χ3n) is 5.95. The summed E-state index contributed by atoms with van der Waals surface area (Å²) in [5, 5.41) is 21.7. The molecule has 0 radical (unpaired) electrons. The van der Waals surface area contributed by atoms with Gasteiger partial charge < -0.3 is 19.8 Å². The van der Waals surface area contributed by atoms with Crippen molar-refractivity contribution in [1.29, 1.82) is 0 Å². The fourth-order valence-electron chi connectivity index (χ4n) is 3.26. The first-order valence-electron chi connectivity index (χ1n) is 14.1. The molecule has 0 saturated carbocycles. The summed E-state index contributed by atoms with van der Waals surface area (Å²) in [7, 11) is 0. The Kier molecular flexibility index (Phi) is 31.4. The van der Waals surface area contributed by atoms with Gasteiger partial charge in [0, 0.05) is 0 Å². The van der Waals surface area contributed by atoms with Gasteiger partial charge in [-0.2, -0.15) is 25.3 Å². The summed E-state index contributed by atoms with van der Waals surface area (Å²) < 4.78 is 1.46. The number of hydrogen-bond donors (Lipinski definition) is 2. The normalized spacial score (nSPS) is 11.0. The van der Waals surface area contributed by atoms with Crippen LogP contribution in [0.5, 0.6) is 0 Å². The van der Waals surface area contributed by atoms with Crippen molar-refractivity contribution in [3.8, 4) is 0 Å². The van der Waals surface area contributed by atoms with Crippen molar-refractivity contribution in [2.75, 3.05) is 0 Å². The Labute approximate surface area is 239 Å². The van der Waals surface area contributed by atoms with Gasteiger partial charge in [0.1, 0.15) is 0 Å². The molecule has 0 aliphatic heterocycles. The molecule has 7 heteroatoms. The molecule has 0 aliphatic carbocycles. The van der Waals surface area contributed by atoms with E-state index in [9.17, 15) is 19.8 Å². The monoisotopic (exact) mass is 640 g/mol. The third-order valence-corrected chi connectivity index (χ3v) is 11.2. The number of thiol groups is 2. The summed E-state index contributed by atoms with van der Waals surface area (Å²) in [6.07, 6.45) is 15.9. The molecule has 0 fully saturated rings. The Balaban J connectivity index is -0.000000448. The van der Waals surface area contributed by atoms with Crippen molar-refractivity contribution in [3.05, 3.63) is 0 Å². The van der Waals surface area contributed by atoms with Crippen LogP contribution >= 0.6 is 25.3 Å². The van der Waals surface area contributed by atoms with Gasteiger partial charge in [-0.05, 0) is 25.7 Å². The number of carbonyl (C=O) groups is 2. The van der Waals surface area contributed by atoms with Crippen LogP contribution < -0.4 is 10.2 Å². The van der Waals surface area contributed by atoms with Crippen LogP contribution in [0.1, 0.15) is 144 Å². The molecule has 0 aliphatic rings. The first kappa shape index (κ1) is 39.9. The van der Waals surface area contributed by atoms with Gasteiger partial charge in [0.25, 0.3) is 0 Å². The summed E-state index contributed by atoms with van der Waals surface area (Å²) in [6.45, 7) is 12.8. The Morgan fingerprint density at radius 1 is 0.543 bits per heavy atom. The minimum absolute atomic E-state index is 0.149. The van der Waals surface area contributed by atoms with E-state index in [0.717, 1.165) is 51.4 Å². The van der Waals surface area contributed by atoms with Crippen molar-refractivity contribution < 1.29 is 19.8 Å². The number of carbonyl (C=O) groups excluding carboxylic acids is 2. The standard InChI is InChI=1S/2C10H20O2S.2C4H9.Sn/c2*1-3-5-7-10(13,9(11)12)8-6-4-2;2*1-3-4-2;/h2*13H,3-8H2,1-2H3,(H,11,12);2*1,3-4H2,2H3;/q;;;;+2/p-2. The quantitative estimate of drug-likeness (QED) is 0.0884. The number of rotatable bonds is 20. The molecular formula is C28H56O4S2Sn. The molecular weight excluding hydrogens is 583 g/mol. The second-order valence-corrected chi connectivity index (χ2v) is 15.5. The molecule has 0 aromatic rings. The van der Waals surface area contributed by atoms with Gasteiger partial charge in [0.05, 0.1) is 21.4 Å². The first-order chi connectivity index (χ1) is 16.5. The van der Waals surface area contributed by atoms with Crippen molar-refractivity contribution in [2.45, 2.75) is 163 Å². The summed E-state index contributed by atoms with van der Waals surface area (Å²) in [6, 6.07) is 0. The third kappa shape index (κ3) is 24.5. The van der Waals surface area contributed by atoms with Gasteiger partial charge >= 0.3 is 69.5 Å². The van der Waals surface area contributed by atoms with Crippen LogP contribution in [0.25, 0.3) is 0 Å². The molecule has 0 atom stereocenters. The second-order valence-electron chi connectivity index (χ2n) is 9.51. The zero-order chi connectivity index (χ0) is 27.6. The maximum absolute atomic E-state index is 10.8. The van der Waals surface area contributed by atoms with E-state index in [4.69, 9.17) is 0 Å². The topological polar surface area (TPSA) is 80.3 Å². The van der Waals surface area contributed by atoms with Crippen molar-refractivity contribution >= 4 is 58.3 Å². The van der Waals surface area contributed by atoms with Gasteiger partial charge in [0.2, 0.25) is 0 Å². The summed E-state index contributed by atoms with van der Waals surface area (Å²) in [5.74, 6) is -2.03. The molecule has 0 amide bonds. The average Bonchev–Trinajstić information content (AvgIpc) is 2.84. The molecule has 4 nitrogen and oxygen atoms in total. The summed E-state index contributed by atoms with van der Waals surface area (Å²) in [4.78, 5) is 21.7. The molecule has 0 aromatic carbocycles. The molecule has 0 bridgehead atoms. The van der Waals surface area contributed by atoms with Gasteiger partial charge in [0.15, 0.2) is 0 Å². The first-order valence-corrected chi connectivity index (χ1v) is 19.1. The predicted molar refractivity (Wildman–Crippen MR) is 157 cm³/mol. The van der Waals surface area contributed by atoms with E-state index in [1.165, 1.54) is 25.7 Å². The van der Waals surface area contributed by atoms with Crippen molar-refractivity contribution in [1.82, 2.24) is 0 Å². The van der Waals surface area contributed by atoms with E-state index in [0.29, 0.717) is 25.7 Å². The summed E-state index contributed by atoms with van der Waals surface area (Å²) >= 11 is 8.59. The Morgan fingerprint density at radius 2 is 0.771 bits per heavy atom. The van der Waals surface area contributed by atoms with Crippen LogP contribution in [-0.2, 0) is 9.59 Å². The number of hydrogen-bond acceptors (Lipinski definition) is 6. The van der Waals surface area contributed by atoms with Crippen LogP contribution in [0.15, 0.2) is 0 Å². The van der Waals surface area contributed by atoms with Crippen LogP contribution in [0, 0.1) is 0 Å². The fourth-order valence-corrected chi connectivity index (χ4v) is 8.05. The maximum atomic E-state index is 10.8. The van der Waals surface area contributed by atoms with Gasteiger partial charge in [-0.3, -0.25) is 0 Å². The molecule has 0 spiro atoms. The van der Waals surface area contributed by atoms with E-state index in [2.05, 4.69) is 39.1 Å². The number of aliphatic carboxylic acids is 2. The molecule has 0 aromatic heterocycles. The molecule has 35 heavy (non-hydrogen) atoms. The number of unbranched alkanes of at least 4 members (excludes halogenated alkanes) is 6. The second kappa shape index (κ2) is 27.5. The number of carboxylic acid groups (broad SMARTS) is 2. The van der Waals surface area contributed by atoms with E-state index in [1.54, 1.807) is 8.87 Å². The van der Waals surface area contributed by atoms with Crippen LogP contribution in [0.3, 0.4) is 0 Å². The van der Waals surface area contributed by atoms with E-state index >= 15 is 0 Å². The molecule has 0 heterocycles. The predicted octanol–water partition coefficient (Wildman–Crippen LogP) is 6.70. The fraction of sp³-hybridized carbons (Fsp3) is 0.929. The van der Waals surface area contributed by atoms with Gasteiger partial charge in [-0.25, -0.2) is 0 Å². The minimum atomic E-state index is -1.02. The van der Waals surface area contributed by atoms with Crippen LogP contribution in [0.4, 0.5) is 0 Å². The number of carboxylic acids is 2. The zero-order valence-electron chi connectivity index (χ0n) is 23.8. The van der Waals surface area contributed by atoms with Crippen LogP contribution in [-0.4, -0.2) is 42.6 Å². The van der Waals surface area contributed by atoms with Crippen molar-refractivity contribution in [3.63, 3.8) is 0 Å². The molecule has 208 valence electrons.